The van der Waals surface area contributed by atoms with Crippen LogP contribution in [0.2, 0.25) is 5.02 Å². The van der Waals surface area contributed by atoms with Crippen molar-refractivity contribution in [1.82, 2.24) is 4.31 Å². The van der Waals surface area contributed by atoms with Crippen LogP contribution in [0.25, 0.3) is 0 Å². The molecule has 1 amide bonds. The number of amides is 1. The van der Waals surface area contributed by atoms with Gasteiger partial charge in [0.05, 0.1) is 10.8 Å². The minimum absolute atomic E-state index is 0.0628. The molecule has 1 fully saturated rings. The quantitative estimate of drug-likeness (QED) is 0.801. The fraction of sp³-hybridized carbons (Fsp3) is 0.316. The van der Waals surface area contributed by atoms with Gasteiger partial charge in [-0.05, 0) is 49.2 Å². The molecule has 3 rings (SSSR count). The Bertz CT molecular complexity index is 869. The van der Waals surface area contributed by atoms with Crippen LogP contribution < -0.4 is 4.90 Å². The smallest absolute Gasteiger partial charge is 0.243 e. The molecule has 1 aliphatic rings. The Kier molecular flexibility index (Phi) is 5.65. The van der Waals surface area contributed by atoms with Gasteiger partial charge < -0.3 is 4.90 Å². The molecule has 1 aliphatic heterocycles. The number of hydrogen-bond acceptors (Lipinski definition) is 3. The number of para-hydroxylation sites is 1. The van der Waals surface area contributed by atoms with Crippen LogP contribution in [-0.4, -0.2) is 38.8 Å². The lowest BCUT2D eigenvalue weighted by Gasteiger charge is -2.33. The van der Waals surface area contributed by atoms with Crippen LogP contribution in [0.15, 0.2) is 59.5 Å². The molecule has 0 spiro atoms. The first-order valence-electron chi connectivity index (χ1n) is 8.48. The molecule has 0 saturated carbocycles. The van der Waals surface area contributed by atoms with Crippen molar-refractivity contribution in [2.24, 2.45) is 5.92 Å². The summed E-state index contributed by atoms with van der Waals surface area (Å²) in [5, 5.41) is 0.486. The summed E-state index contributed by atoms with van der Waals surface area (Å²) in [5.41, 5.74) is 0.801. The minimum Gasteiger partial charge on any atom is -0.315 e. The number of anilines is 1. The second-order valence-electron chi connectivity index (χ2n) is 6.39. The number of carbonyl (C=O) groups excluding carboxylic acids is 1. The van der Waals surface area contributed by atoms with Crippen LogP contribution in [0.3, 0.4) is 0 Å². The number of carbonyl (C=O) groups is 1. The van der Waals surface area contributed by atoms with Crippen LogP contribution in [0.4, 0.5) is 5.69 Å². The zero-order chi connectivity index (χ0) is 18.7. The third kappa shape index (κ3) is 3.92. The predicted octanol–water partition coefficient (Wildman–Crippen LogP) is 3.40. The Hall–Kier alpha value is -1.89. The van der Waals surface area contributed by atoms with E-state index in [2.05, 4.69) is 0 Å². The predicted molar refractivity (Wildman–Crippen MR) is 103 cm³/mol. The molecular weight excluding hydrogens is 372 g/mol. The van der Waals surface area contributed by atoms with Gasteiger partial charge >= 0.3 is 0 Å². The SMILES string of the molecule is CN(C(=O)[C@H]1CCCN(S(=O)(=O)c2ccc(Cl)cc2)C1)c1ccccc1. The lowest BCUT2D eigenvalue weighted by molar-refractivity contribution is -0.123. The van der Waals surface area contributed by atoms with Crippen LogP contribution >= 0.6 is 11.6 Å². The molecule has 0 radical (unpaired) electrons. The summed E-state index contributed by atoms with van der Waals surface area (Å²) in [7, 11) is -1.91. The van der Waals surface area contributed by atoms with Gasteiger partial charge in [0, 0.05) is 30.8 Å². The van der Waals surface area contributed by atoms with Crippen molar-refractivity contribution in [3.05, 3.63) is 59.6 Å². The fourth-order valence-corrected chi connectivity index (χ4v) is 4.82. The maximum atomic E-state index is 12.9. The number of nitrogens with zero attached hydrogens (tertiary/aromatic N) is 2. The summed E-state index contributed by atoms with van der Waals surface area (Å²) >= 11 is 5.85. The van der Waals surface area contributed by atoms with Gasteiger partial charge in [-0.2, -0.15) is 4.31 Å². The van der Waals surface area contributed by atoms with E-state index >= 15 is 0 Å². The fourth-order valence-electron chi connectivity index (χ4n) is 3.17. The van der Waals surface area contributed by atoms with Gasteiger partial charge in [-0.25, -0.2) is 8.42 Å². The van der Waals surface area contributed by atoms with Gasteiger partial charge in [-0.3, -0.25) is 4.79 Å². The maximum absolute atomic E-state index is 12.9. The van der Waals surface area contributed by atoms with E-state index in [4.69, 9.17) is 11.6 Å². The maximum Gasteiger partial charge on any atom is 0.243 e. The molecule has 1 atom stereocenters. The zero-order valence-corrected chi connectivity index (χ0v) is 16.1. The molecule has 7 heteroatoms. The lowest BCUT2D eigenvalue weighted by atomic mass is 9.98. The summed E-state index contributed by atoms with van der Waals surface area (Å²) in [5.74, 6) is -0.414. The van der Waals surface area contributed by atoms with Crippen LogP contribution in [0.1, 0.15) is 12.8 Å². The Balaban J connectivity index is 1.76. The first-order chi connectivity index (χ1) is 12.4. The summed E-state index contributed by atoms with van der Waals surface area (Å²) in [6.45, 7) is 0.616. The molecule has 5 nitrogen and oxygen atoms in total. The van der Waals surface area contributed by atoms with E-state index in [9.17, 15) is 13.2 Å². The molecule has 2 aromatic rings. The highest BCUT2D eigenvalue weighted by atomic mass is 35.5. The summed E-state index contributed by atoms with van der Waals surface area (Å²) in [6.07, 6.45) is 1.34. The third-order valence-electron chi connectivity index (χ3n) is 4.66. The van der Waals surface area contributed by atoms with Crippen molar-refractivity contribution in [1.29, 1.82) is 0 Å². The zero-order valence-electron chi connectivity index (χ0n) is 14.5. The average Bonchev–Trinajstić information content (AvgIpc) is 2.68. The Morgan fingerprint density at radius 1 is 1.12 bits per heavy atom. The number of sulfonamides is 1. The number of piperidine rings is 1. The minimum atomic E-state index is -3.63. The van der Waals surface area contributed by atoms with E-state index in [0.29, 0.717) is 24.4 Å². The van der Waals surface area contributed by atoms with Crippen molar-refractivity contribution < 1.29 is 13.2 Å². The Morgan fingerprint density at radius 2 is 1.77 bits per heavy atom. The van der Waals surface area contributed by atoms with E-state index < -0.39 is 10.0 Å². The molecule has 0 unspecified atom stereocenters. The second-order valence-corrected chi connectivity index (χ2v) is 8.76. The van der Waals surface area contributed by atoms with E-state index in [1.54, 1.807) is 24.1 Å². The standard InChI is InChI=1S/C19H21ClN2O3S/c1-21(17-7-3-2-4-8-17)19(23)15-6-5-13-22(14-15)26(24,25)18-11-9-16(20)10-12-18/h2-4,7-12,15H,5-6,13-14H2,1H3/t15-/m0/s1. The third-order valence-corrected chi connectivity index (χ3v) is 6.79. The molecule has 1 saturated heterocycles. The number of rotatable bonds is 4. The molecule has 0 aliphatic carbocycles. The van der Waals surface area contributed by atoms with E-state index in [0.717, 1.165) is 5.69 Å². The number of halogens is 1. The van der Waals surface area contributed by atoms with Crippen LogP contribution in [0.5, 0.6) is 0 Å². The first-order valence-corrected chi connectivity index (χ1v) is 10.3. The molecule has 26 heavy (non-hydrogen) atoms. The van der Waals surface area contributed by atoms with E-state index in [1.165, 1.54) is 16.4 Å². The Labute approximate surface area is 159 Å². The molecule has 0 bridgehead atoms. The highest BCUT2D eigenvalue weighted by Crippen LogP contribution is 2.26. The van der Waals surface area contributed by atoms with Gasteiger partial charge in [0.15, 0.2) is 0 Å². The van der Waals surface area contributed by atoms with Gasteiger partial charge in [0.25, 0.3) is 0 Å². The second kappa shape index (κ2) is 7.78. The van der Waals surface area contributed by atoms with Crippen molar-refractivity contribution in [2.45, 2.75) is 17.7 Å². The molecule has 138 valence electrons. The van der Waals surface area contributed by atoms with Crippen molar-refractivity contribution in [2.75, 3.05) is 25.0 Å². The van der Waals surface area contributed by atoms with Gasteiger partial charge in [-0.15, -0.1) is 0 Å². The average molecular weight is 393 g/mol. The molecule has 0 N–H and O–H groups in total. The summed E-state index contributed by atoms with van der Waals surface area (Å²) in [4.78, 5) is 14.6. The van der Waals surface area contributed by atoms with Crippen LogP contribution in [0, 0.1) is 5.92 Å². The van der Waals surface area contributed by atoms with Crippen molar-refractivity contribution >= 4 is 33.2 Å². The monoisotopic (exact) mass is 392 g/mol. The largest absolute Gasteiger partial charge is 0.315 e. The lowest BCUT2D eigenvalue weighted by Crippen LogP contribution is -2.45. The first kappa shape index (κ1) is 18.9. The van der Waals surface area contributed by atoms with E-state index in [-0.39, 0.29) is 23.3 Å². The molecular formula is C19H21ClN2O3S. The molecule has 0 aromatic heterocycles. The molecule has 2 aromatic carbocycles. The normalized spacial score (nSPS) is 18.5. The number of hydrogen-bond donors (Lipinski definition) is 0. The highest BCUT2D eigenvalue weighted by molar-refractivity contribution is 7.89. The summed E-state index contributed by atoms with van der Waals surface area (Å²) < 4.78 is 27.1. The highest BCUT2D eigenvalue weighted by Gasteiger charge is 2.34. The van der Waals surface area contributed by atoms with E-state index in [1.807, 2.05) is 30.3 Å². The Morgan fingerprint density at radius 3 is 2.42 bits per heavy atom. The van der Waals surface area contributed by atoms with Crippen LogP contribution in [-0.2, 0) is 14.8 Å². The summed E-state index contributed by atoms with van der Waals surface area (Å²) in [6, 6.07) is 15.5. The van der Waals surface area contributed by atoms with Gasteiger partial charge in [0.2, 0.25) is 15.9 Å². The van der Waals surface area contributed by atoms with Crippen molar-refractivity contribution in [3.63, 3.8) is 0 Å². The van der Waals surface area contributed by atoms with Gasteiger partial charge in [-0.1, -0.05) is 29.8 Å². The van der Waals surface area contributed by atoms with Crippen molar-refractivity contribution in [3.8, 4) is 0 Å². The topological polar surface area (TPSA) is 57.7 Å². The number of benzene rings is 2. The van der Waals surface area contributed by atoms with Gasteiger partial charge in [0.1, 0.15) is 0 Å². The molecule has 1 heterocycles.